The normalized spacial score (nSPS) is 12.0. The third-order valence-electron chi connectivity index (χ3n) is 2.89. The van der Waals surface area contributed by atoms with Gasteiger partial charge in [-0.05, 0) is 36.4 Å². The topological polar surface area (TPSA) is 116 Å². The highest BCUT2D eigenvalue weighted by molar-refractivity contribution is 7.92. The lowest BCUT2D eigenvalue weighted by molar-refractivity contribution is 0.417. The van der Waals surface area contributed by atoms with Gasteiger partial charge in [-0.25, -0.2) is 22.0 Å². The van der Waals surface area contributed by atoms with Gasteiger partial charge >= 0.3 is 0 Å². The minimum atomic E-state index is -3.98. The molecule has 0 saturated carbocycles. The van der Waals surface area contributed by atoms with Gasteiger partial charge in [0.05, 0.1) is 21.9 Å². The summed E-state index contributed by atoms with van der Waals surface area (Å²) < 4.78 is 54.5. The monoisotopic (exact) mass is 376 g/mol. The predicted molar refractivity (Wildman–Crippen MR) is 86.6 cm³/mol. The van der Waals surface area contributed by atoms with Gasteiger partial charge in [-0.1, -0.05) is 17.7 Å². The van der Waals surface area contributed by atoms with Crippen molar-refractivity contribution < 1.29 is 21.6 Å². The molecule has 2 aromatic carbocycles. The molecule has 0 aliphatic carbocycles. The number of halogens is 1. The van der Waals surface area contributed by atoms with Crippen LogP contribution in [-0.4, -0.2) is 23.9 Å². The van der Waals surface area contributed by atoms with E-state index in [4.69, 9.17) is 21.5 Å². The molecule has 0 atom stereocenters. The molecule has 0 radical (unpaired) electrons. The highest BCUT2D eigenvalue weighted by atomic mass is 35.5. The van der Waals surface area contributed by atoms with Crippen molar-refractivity contribution in [3.05, 3.63) is 47.5 Å². The number of nitrogens with two attached hydrogens (primary N) is 1. The Hall–Kier alpha value is -1.81. The first kappa shape index (κ1) is 17.5. The summed E-state index contributed by atoms with van der Waals surface area (Å²) in [5.74, 6) is 0.252. The van der Waals surface area contributed by atoms with Crippen molar-refractivity contribution in [1.82, 2.24) is 0 Å². The molecule has 0 aromatic heterocycles. The number of hydrogen-bond donors (Lipinski definition) is 2. The van der Waals surface area contributed by atoms with E-state index in [0.717, 1.165) is 24.3 Å². The molecule has 3 N–H and O–H groups in total. The van der Waals surface area contributed by atoms with Crippen LogP contribution in [0.2, 0.25) is 5.02 Å². The molecule has 23 heavy (non-hydrogen) atoms. The van der Waals surface area contributed by atoms with Gasteiger partial charge in [-0.15, -0.1) is 0 Å². The van der Waals surface area contributed by atoms with Gasteiger partial charge in [0.1, 0.15) is 11.4 Å². The molecule has 2 aromatic rings. The number of primary sulfonamides is 1. The number of rotatable bonds is 5. The summed E-state index contributed by atoms with van der Waals surface area (Å²) in [6.45, 7) is 0. The first-order chi connectivity index (χ1) is 10.6. The van der Waals surface area contributed by atoms with E-state index in [1.54, 1.807) is 12.1 Å². The molecule has 0 fully saturated rings. The van der Waals surface area contributed by atoms with Gasteiger partial charge in [0.15, 0.2) is 0 Å². The molecule has 0 aliphatic heterocycles. The van der Waals surface area contributed by atoms with Gasteiger partial charge in [-0.3, -0.25) is 4.72 Å². The molecule has 0 spiro atoms. The smallest absolute Gasteiger partial charge is 0.262 e. The van der Waals surface area contributed by atoms with Crippen LogP contribution >= 0.6 is 11.6 Å². The molecule has 0 unspecified atom stereocenters. The minimum absolute atomic E-state index is 0.0900. The Balaban J connectivity index is 2.41. The number of ether oxygens (including phenoxy) is 1. The number of methoxy groups -OCH3 is 1. The fraction of sp³-hybridized carbons (Fsp3) is 0.0769. The largest absolute Gasteiger partial charge is 0.495 e. The molecule has 0 saturated heterocycles. The highest BCUT2D eigenvalue weighted by Gasteiger charge is 2.19. The number of hydrogen-bond acceptors (Lipinski definition) is 5. The van der Waals surface area contributed by atoms with Crippen molar-refractivity contribution in [1.29, 1.82) is 0 Å². The van der Waals surface area contributed by atoms with Crippen LogP contribution in [0, 0.1) is 0 Å². The Morgan fingerprint density at radius 1 is 1.00 bits per heavy atom. The molecule has 0 heterocycles. The first-order valence-electron chi connectivity index (χ1n) is 6.13. The molecule has 7 nitrogen and oxygen atoms in total. The maximum atomic E-state index is 12.4. The third-order valence-corrected chi connectivity index (χ3v) is 5.50. The van der Waals surface area contributed by atoms with Gasteiger partial charge in [0.25, 0.3) is 10.0 Å². The maximum Gasteiger partial charge on any atom is 0.262 e. The SMILES string of the molecule is COc1cccc(Cl)c1NS(=O)(=O)c1ccc(S(N)(=O)=O)cc1. The number of anilines is 1. The average molecular weight is 377 g/mol. The van der Waals surface area contributed by atoms with Gasteiger partial charge in [0.2, 0.25) is 10.0 Å². The van der Waals surface area contributed by atoms with Crippen LogP contribution < -0.4 is 14.6 Å². The van der Waals surface area contributed by atoms with Gasteiger partial charge in [-0.2, -0.15) is 0 Å². The second-order valence-electron chi connectivity index (χ2n) is 4.44. The van der Waals surface area contributed by atoms with Crippen LogP contribution in [0.25, 0.3) is 0 Å². The Bertz CT molecular complexity index is 925. The van der Waals surface area contributed by atoms with Crippen LogP contribution in [0.15, 0.2) is 52.3 Å². The van der Waals surface area contributed by atoms with Crippen LogP contribution in [0.3, 0.4) is 0 Å². The Morgan fingerprint density at radius 2 is 1.57 bits per heavy atom. The quantitative estimate of drug-likeness (QED) is 0.825. The summed E-state index contributed by atoms with van der Waals surface area (Å²) in [6.07, 6.45) is 0. The summed E-state index contributed by atoms with van der Waals surface area (Å²) in [5.41, 5.74) is 0.0900. The molecular formula is C13H13ClN2O5S2. The van der Waals surface area contributed by atoms with Crippen molar-refractivity contribution in [2.45, 2.75) is 9.79 Å². The van der Waals surface area contributed by atoms with E-state index in [1.165, 1.54) is 13.2 Å². The summed E-state index contributed by atoms with van der Waals surface area (Å²) in [4.78, 5) is -0.335. The van der Waals surface area contributed by atoms with Crippen molar-refractivity contribution in [3.63, 3.8) is 0 Å². The standard InChI is InChI=1S/C13H13ClN2O5S2/c1-21-12-4-2-3-11(14)13(12)16-23(19,20)10-7-5-9(6-8-10)22(15,17)18/h2-8,16H,1H3,(H2,15,17,18). The minimum Gasteiger partial charge on any atom is -0.495 e. The van der Waals surface area contributed by atoms with Crippen molar-refractivity contribution in [3.8, 4) is 5.75 Å². The van der Waals surface area contributed by atoms with Crippen molar-refractivity contribution in [2.75, 3.05) is 11.8 Å². The summed E-state index contributed by atoms with van der Waals surface area (Å²) in [7, 11) is -6.50. The second kappa shape index (κ2) is 6.36. The zero-order valence-electron chi connectivity index (χ0n) is 11.9. The molecule has 0 aliphatic rings. The van der Waals surface area contributed by atoms with E-state index in [1.807, 2.05) is 0 Å². The Morgan fingerprint density at radius 3 is 2.09 bits per heavy atom. The van der Waals surface area contributed by atoms with Crippen LogP contribution in [-0.2, 0) is 20.0 Å². The van der Waals surface area contributed by atoms with Crippen molar-refractivity contribution >= 4 is 37.3 Å². The number of para-hydroxylation sites is 1. The van der Waals surface area contributed by atoms with Crippen LogP contribution in [0.5, 0.6) is 5.75 Å². The number of nitrogens with one attached hydrogen (secondary N) is 1. The summed E-state index contributed by atoms with van der Waals surface area (Å²) in [6, 6.07) is 9.14. The lowest BCUT2D eigenvalue weighted by Crippen LogP contribution is -2.15. The Labute approximate surface area is 139 Å². The number of benzene rings is 2. The molecule has 0 amide bonds. The van der Waals surface area contributed by atoms with Crippen molar-refractivity contribution in [2.24, 2.45) is 5.14 Å². The summed E-state index contributed by atoms with van der Waals surface area (Å²) in [5, 5.41) is 5.13. The molecule has 124 valence electrons. The zero-order valence-corrected chi connectivity index (χ0v) is 14.2. The van der Waals surface area contributed by atoms with E-state index in [0.29, 0.717) is 0 Å². The highest BCUT2D eigenvalue weighted by Crippen LogP contribution is 2.33. The van der Waals surface area contributed by atoms with Crippen LogP contribution in [0.4, 0.5) is 5.69 Å². The zero-order chi connectivity index (χ0) is 17.3. The fourth-order valence-corrected chi connectivity index (χ4v) is 3.65. The lowest BCUT2D eigenvalue weighted by Gasteiger charge is -2.13. The number of sulfonamides is 2. The lowest BCUT2D eigenvalue weighted by atomic mass is 10.3. The van der Waals surface area contributed by atoms with Gasteiger partial charge in [0, 0.05) is 0 Å². The van der Waals surface area contributed by atoms with E-state index in [2.05, 4.69) is 4.72 Å². The van der Waals surface area contributed by atoms with Gasteiger partial charge < -0.3 is 4.74 Å². The average Bonchev–Trinajstić information content (AvgIpc) is 2.48. The third kappa shape index (κ3) is 3.94. The maximum absolute atomic E-state index is 12.4. The molecule has 0 bridgehead atoms. The van der Waals surface area contributed by atoms with E-state index >= 15 is 0 Å². The first-order valence-corrected chi connectivity index (χ1v) is 9.54. The summed E-state index contributed by atoms with van der Waals surface area (Å²) >= 11 is 5.98. The predicted octanol–water partition coefficient (Wildman–Crippen LogP) is 1.80. The molecule has 2 rings (SSSR count). The molecular weight excluding hydrogens is 364 g/mol. The Kier molecular flexibility index (Phi) is 4.85. The molecule has 10 heteroatoms. The van der Waals surface area contributed by atoms with Crippen LogP contribution in [0.1, 0.15) is 0 Å². The second-order valence-corrected chi connectivity index (χ2v) is 8.09. The van der Waals surface area contributed by atoms with E-state index in [-0.39, 0.29) is 26.3 Å². The fourth-order valence-electron chi connectivity index (χ4n) is 1.78. The van der Waals surface area contributed by atoms with E-state index in [9.17, 15) is 16.8 Å². The van der Waals surface area contributed by atoms with E-state index < -0.39 is 20.0 Å².